The van der Waals surface area contributed by atoms with Gasteiger partial charge in [0.1, 0.15) is 24.7 Å². The van der Waals surface area contributed by atoms with Crippen LogP contribution in [0.15, 0.2) is 0 Å². The lowest BCUT2D eigenvalue weighted by Crippen LogP contribution is -2.45. The number of hydrogen-bond acceptors (Lipinski definition) is 0. The molecule has 0 aromatic heterocycles. The molecule has 0 radical (unpaired) electrons. The van der Waals surface area contributed by atoms with E-state index in [9.17, 15) is 8.78 Å². The molecular formula is C29H48F4. The maximum atomic E-state index is 15.3. The van der Waals surface area contributed by atoms with Crippen molar-refractivity contribution in [3.63, 3.8) is 0 Å². The molecular weight excluding hydrogens is 424 g/mol. The van der Waals surface area contributed by atoms with Crippen molar-refractivity contribution >= 4 is 0 Å². The summed E-state index contributed by atoms with van der Waals surface area (Å²) < 4.78 is 58.8. The van der Waals surface area contributed by atoms with Crippen molar-refractivity contribution in [2.75, 3.05) is 0 Å². The Labute approximate surface area is 200 Å². The number of alkyl halides is 4. The van der Waals surface area contributed by atoms with Crippen LogP contribution < -0.4 is 0 Å². The first kappa shape index (κ1) is 25.8. The molecule has 4 aliphatic rings. The van der Waals surface area contributed by atoms with Gasteiger partial charge in [-0.15, -0.1) is 0 Å². The van der Waals surface area contributed by atoms with E-state index in [2.05, 4.69) is 6.92 Å². The Morgan fingerprint density at radius 3 is 1.64 bits per heavy atom. The lowest BCUT2D eigenvalue weighted by Gasteiger charge is -2.44. The molecule has 0 aliphatic heterocycles. The first-order valence-electron chi connectivity index (χ1n) is 14.4. The molecule has 8 atom stereocenters. The van der Waals surface area contributed by atoms with Crippen molar-refractivity contribution in [1.29, 1.82) is 0 Å². The minimum absolute atomic E-state index is 0.0499. The van der Waals surface area contributed by atoms with Gasteiger partial charge in [0.2, 0.25) is 0 Å². The van der Waals surface area contributed by atoms with Crippen LogP contribution in [0.5, 0.6) is 0 Å². The second kappa shape index (κ2) is 11.6. The highest BCUT2D eigenvalue weighted by molar-refractivity contribution is 4.95. The molecule has 0 spiro atoms. The number of rotatable bonds is 6. The van der Waals surface area contributed by atoms with E-state index in [4.69, 9.17) is 0 Å². The Morgan fingerprint density at radius 2 is 1.06 bits per heavy atom. The van der Waals surface area contributed by atoms with Crippen LogP contribution in [0.3, 0.4) is 0 Å². The monoisotopic (exact) mass is 472 g/mol. The SMILES string of the molecule is CC1CCC(C2CCC(C3CCC(CCCC4CCC(C)C(F)C4F)CC3)C(F)C2F)CC1. The highest BCUT2D eigenvalue weighted by atomic mass is 19.2. The fourth-order valence-corrected chi connectivity index (χ4v) is 8.13. The summed E-state index contributed by atoms with van der Waals surface area (Å²) in [6, 6.07) is 0. The Morgan fingerprint density at radius 1 is 0.515 bits per heavy atom. The van der Waals surface area contributed by atoms with Crippen molar-refractivity contribution in [3.05, 3.63) is 0 Å². The molecule has 0 aromatic carbocycles. The molecule has 4 heteroatoms. The summed E-state index contributed by atoms with van der Waals surface area (Å²) in [6.07, 6.45) is 9.91. The zero-order chi connectivity index (χ0) is 23.5. The summed E-state index contributed by atoms with van der Waals surface area (Å²) in [6.45, 7) is 4.10. The third kappa shape index (κ3) is 6.11. The lowest BCUT2D eigenvalue weighted by atomic mass is 9.63. The van der Waals surface area contributed by atoms with E-state index in [0.717, 1.165) is 89.4 Å². The van der Waals surface area contributed by atoms with Crippen molar-refractivity contribution in [2.24, 2.45) is 47.3 Å². The highest BCUT2D eigenvalue weighted by Gasteiger charge is 2.46. The standard InChI is InChI=1S/C29H48F4/c1-18-6-11-21(12-7-18)24-16-17-25(29(33)28(24)32)22-14-9-20(10-15-22)4-3-5-23-13-8-19(2)26(30)27(23)31/h18-29H,3-17H2,1-2H3. The minimum Gasteiger partial charge on any atom is -0.244 e. The Kier molecular flexibility index (Phi) is 9.10. The largest absolute Gasteiger partial charge is 0.244 e. The average Bonchev–Trinajstić information content (AvgIpc) is 2.82. The van der Waals surface area contributed by atoms with Gasteiger partial charge in [-0.05, 0) is 105 Å². The van der Waals surface area contributed by atoms with Gasteiger partial charge in [0, 0.05) is 0 Å². The highest BCUT2D eigenvalue weighted by Crippen LogP contribution is 2.48. The number of hydrogen-bond donors (Lipinski definition) is 0. The van der Waals surface area contributed by atoms with Crippen LogP contribution in [-0.4, -0.2) is 24.7 Å². The van der Waals surface area contributed by atoms with E-state index < -0.39 is 24.7 Å². The smallest absolute Gasteiger partial charge is 0.134 e. The van der Waals surface area contributed by atoms with Crippen molar-refractivity contribution in [2.45, 2.75) is 135 Å². The summed E-state index contributed by atoms with van der Waals surface area (Å²) >= 11 is 0. The molecule has 4 rings (SSSR count). The van der Waals surface area contributed by atoms with Gasteiger partial charge in [-0.25, -0.2) is 17.6 Å². The van der Waals surface area contributed by atoms with Gasteiger partial charge in [0.05, 0.1) is 0 Å². The minimum atomic E-state index is -1.29. The fraction of sp³-hybridized carbons (Fsp3) is 1.00. The van der Waals surface area contributed by atoms with E-state index in [-0.39, 0.29) is 23.7 Å². The molecule has 0 aromatic rings. The van der Waals surface area contributed by atoms with Crippen LogP contribution in [0.1, 0.15) is 110 Å². The zero-order valence-corrected chi connectivity index (χ0v) is 21.0. The average molecular weight is 473 g/mol. The molecule has 0 N–H and O–H groups in total. The summed E-state index contributed by atoms with van der Waals surface area (Å²) in [4.78, 5) is 0. The molecule has 0 heterocycles. The predicted octanol–water partition coefficient (Wildman–Crippen LogP) is 9.21. The van der Waals surface area contributed by atoms with Gasteiger partial charge in [-0.1, -0.05) is 52.4 Å². The third-order valence-corrected chi connectivity index (χ3v) is 10.6. The van der Waals surface area contributed by atoms with Gasteiger partial charge >= 0.3 is 0 Å². The Bertz CT molecular complexity index is 580. The molecule has 0 nitrogen and oxygen atoms in total. The van der Waals surface area contributed by atoms with Gasteiger partial charge in [0.15, 0.2) is 0 Å². The number of halogens is 4. The van der Waals surface area contributed by atoms with Crippen LogP contribution in [-0.2, 0) is 0 Å². The van der Waals surface area contributed by atoms with Crippen LogP contribution in [0.25, 0.3) is 0 Å². The summed E-state index contributed by atoms with van der Waals surface area (Å²) in [7, 11) is 0. The van der Waals surface area contributed by atoms with E-state index in [1.165, 1.54) is 12.8 Å². The summed E-state index contributed by atoms with van der Waals surface area (Å²) in [5, 5.41) is 0. The molecule has 0 saturated heterocycles. The molecule has 4 saturated carbocycles. The maximum absolute atomic E-state index is 15.3. The first-order valence-corrected chi connectivity index (χ1v) is 14.4. The second-order valence-corrected chi connectivity index (χ2v) is 12.7. The Hall–Kier alpha value is -0.280. The molecule has 0 amide bonds. The van der Waals surface area contributed by atoms with Crippen molar-refractivity contribution in [1.82, 2.24) is 0 Å². The topological polar surface area (TPSA) is 0 Å². The fourth-order valence-electron chi connectivity index (χ4n) is 8.13. The van der Waals surface area contributed by atoms with E-state index >= 15 is 8.78 Å². The van der Waals surface area contributed by atoms with Crippen LogP contribution >= 0.6 is 0 Å². The predicted molar refractivity (Wildman–Crippen MR) is 128 cm³/mol. The van der Waals surface area contributed by atoms with Crippen molar-refractivity contribution in [3.8, 4) is 0 Å². The van der Waals surface area contributed by atoms with Gasteiger partial charge in [-0.2, -0.15) is 0 Å². The zero-order valence-electron chi connectivity index (χ0n) is 21.0. The molecule has 4 fully saturated rings. The second-order valence-electron chi connectivity index (χ2n) is 12.7. The van der Waals surface area contributed by atoms with Gasteiger partial charge in [0.25, 0.3) is 0 Å². The normalized spacial score (nSPS) is 49.6. The van der Waals surface area contributed by atoms with Crippen LogP contribution in [0.2, 0.25) is 0 Å². The van der Waals surface area contributed by atoms with Gasteiger partial charge in [-0.3, -0.25) is 0 Å². The van der Waals surface area contributed by atoms with Gasteiger partial charge < -0.3 is 0 Å². The summed E-state index contributed by atoms with van der Waals surface area (Å²) in [5.74, 6) is 1.73. The van der Waals surface area contributed by atoms with E-state index in [0.29, 0.717) is 17.8 Å². The molecule has 8 unspecified atom stereocenters. The maximum Gasteiger partial charge on any atom is 0.134 e. The summed E-state index contributed by atoms with van der Waals surface area (Å²) in [5.41, 5.74) is 0. The molecule has 192 valence electrons. The van der Waals surface area contributed by atoms with Crippen LogP contribution in [0, 0.1) is 47.3 Å². The third-order valence-electron chi connectivity index (χ3n) is 10.6. The molecule has 0 bridgehead atoms. The molecule has 4 aliphatic carbocycles. The van der Waals surface area contributed by atoms with E-state index in [1.54, 1.807) is 0 Å². The Balaban J connectivity index is 1.17. The lowest BCUT2D eigenvalue weighted by molar-refractivity contribution is -0.0366. The van der Waals surface area contributed by atoms with E-state index in [1.807, 2.05) is 6.92 Å². The quantitative estimate of drug-likeness (QED) is 0.338. The van der Waals surface area contributed by atoms with Crippen LogP contribution in [0.4, 0.5) is 17.6 Å². The first-order chi connectivity index (χ1) is 15.8. The molecule has 33 heavy (non-hydrogen) atoms. The van der Waals surface area contributed by atoms with Crippen molar-refractivity contribution < 1.29 is 17.6 Å².